The highest BCUT2D eigenvalue weighted by atomic mass is 32.1. The number of aromatic nitrogens is 1. The molecule has 0 N–H and O–H groups in total. The predicted molar refractivity (Wildman–Crippen MR) is 98.9 cm³/mol. The Balaban J connectivity index is 1.41. The number of carbonyl (C=O) groups excluding carboxylic acids is 1. The number of carbonyl (C=O) groups is 1. The van der Waals surface area contributed by atoms with Gasteiger partial charge in [-0.1, -0.05) is 18.9 Å². The molecule has 5 heteroatoms. The van der Waals surface area contributed by atoms with Gasteiger partial charge in [-0.05, 0) is 36.4 Å². The summed E-state index contributed by atoms with van der Waals surface area (Å²) in [6.07, 6.45) is 9.77. The van der Waals surface area contributed by atoms with Crippen LogP contribution in [-0.4, -0.2) is 35.0 Å². The lowest BCUT2D eigenvalue weighted by molar-refractivity contribution is -0.139. The summed E-state index contributed by atoms with van der Waals surface area (Å²) in [7, 11) is 0. The summed E-state index contributed by atoms with van der Waals surface area (Å²) in [5.74, 6) is 1.16. The molecule has 0 radical (unpaired) electrons. The number of piperidine rings is 1. The Labute approximate surface area is 152 Å². The van der Waals surface area contributed by atoms with E-state index in [0.29, 0.717) is 5.91 Å². The van der Waals surface area contributed by atoms with Gasteiger partial charge in [-0.3, -0.25) is 9.78 Å². The minimum atomic E-state index is -0.259. The molecule has 1 saturated heterocycles. The fourth-order valence-corrected chi connectivity index (χ4v) is 5.16. The van der Waals surface area contributed by atoms with Crippen LogP contribution in [0.5, 0.6) is 5.75 Å². The minimum Gasteiger partial charge on any atom is -0.489 e. The van der Waals surface area contributed by atoms with Gasteiger partial charge in [0.15, 0.2) is 0 Å². The van der Waals surface area contributed by atoms with Crippen LogP contribution in [-0.2, 0) is 10.2 Å². The first-order valence-electron chi connectivity index (χ1n) is 9.18. The third kappa shape index (κ3) is 3.30. The lowest BCUT2D eigenvalue weighted by Gasteiger charge is -2.38. The number of hydrogen-bond donors (Lipinski definition) is 0. The van der Waals surface area contributed by atoms with Crippen LogP contribution in [0.2, 0.25) is 0 Å². The van der Waals surface area contributed by atoms with Crippen molar-refractivity contribution in [3.63, 3.8) is 0 Å². The molecule has 0 unspecified atom stereocenters. The number of amides is 1. The Morgan fingerprint density at radius 1 is 1.20 bits per heavy atom. The normalized spacial score (nSPS) is 20.6. The summed E-state index contributed by atoms with van der Waals surface area (Å²) < 4.78 is 6.01. The molecule has 2 aromatic heterocycles. The third-order valence-corrected chi connectivity index (χ3v) is 6.60. The topological polar surface area (TPSA) is 42.4 Å². The molecule has 2 fully saturated rings. The Morgan fingerprint density at radius 2 is 2.00 bits per heavy atom. The Kier molecular flexibility index (Phi) is 4.75. The van der Waals surface area contributed by atoms with Gasteiger partial charge in [0, 0.05) is 37.0 Å². The van der Waals surface area contributed by atoms with E-state index in [4.69, 9.17) is 4.74 Å². The van der Waals surface area contributed by atoms with Crippen molar-refractivity contribution >= 4 is 17.2 Å². The first kappa shape index (κ1) is 16.6. The average molecular weight is 356 g/mol. The van der Waals surface area contributed by atoms with Crippen molar-refractivity contribution in [1.29, 1.82) is 0 Å². The fraction of sp³-hybridized carbons (Fsp3) is 0.500. The number of rotatable bonds is 4. The molecule has 132 valence electrons. The summed E-state index contributed by atoms with van der Waals surface area (Å²) in [6.45, 7) is 1.58. The summed E-state index contributed by atoms with van der Waals surface area (Å²) >= 11 is 1.73. The van der Waals surface area contributed by atoms with Gasteiger partial charge in [0.2, 0.25) is 5.91 Å². The molecule has 3 heterocycles. The average Bonchev–Trinajstić information content (AvgIpc) is 3.35. The quantitative estimate of drug-likeness (QED) is 0.831. The highest BCUT2D eigenvalue weighted by molar-refractivity contribution is 7.10. The van der Waals surface area contributed by atoms with Gasteiger partial charge in [0.05, 0.1) is 11.6 Å². The van der Waals surface area contributed by atoms with E-state index >= 15 is 0 Å². The Morgan fingerprint density at radius 3 is 2.64 bits per heavy atom. The van der Waals surface area contributed by atoms with Crippen molar-refractivity contribution in [1.82, 2.24) is 9.88 Å². The SMILES string of the molecule is O=C(N1CCC(Oc2cccnc2)CC1)C1(c2cccs2)CCCC1. The van der Waals surface area contributed by atoms with Crippen LogP contribution in [0.25, 0.3) is 0 Å². The number of ether oxygens (including phenoxy) is 1. The number of thiophene rings is 1. The molecule has 4 nitrogen and oxygen atoms in total. The van der Waals surface area contributed by atoms with Crippen LogP contribution in [0.15, 0.2) is 42.0 Å². The lowest BCUT2D eigenvalue weighted by Crippen LogP contribution is -2.49. The van der Waals surface area contributed by atoms with Crippen molar-refractivity contribution < 1.29 is 9.53 Å². The smallest absolute Gasteiger partial charge is 0.234 e. The Bertz CT molecular complexity index is 688. The van der Waals surface area contributed by atoms with Crippen LogP contribution >= 0.6 is 11.3 Å². The predicted octanol–water partition coefficient (Wildman–Crippen LogP) is 4.02. The molecule has 2 aromatic rings. The Hall–Kier alpha value is -1.88. The highest BCUT2D eigenvalue weighted by Crippen LogP contribution is 2.44. The molecule has 4 rings (SSSR count). The van der Waals surface area contributed by atoms with E-state index < -0.39 is 0 Å². The van der Waals surface area contributed by atoms with E-state index in [2.05, 4.69) is 27.4 Å². The fourth-order valence-electron chi connectivity index (χ4n) is 4.18. The van der Waals surface area contributed by atoms with Crippen LogP contribution in [0.3, 0.4) is 0 Å². The molecule has 1 amide bonds. The van der Waals surface area contributed by atoms with Gasteiger partial charge in [0.25, 0.3) is 0 Å². The molecule has 1 saturated carbocycles. The summed E-state index contributed by atoms with van der Waals surface area (Å²) in [5, 5.41) is 2.09. The van der Waals surface area contributed by atoms with Crippen molar-refractivity contribution in [3.05, 3.63) is 46.9 Å². The number of likely N-dealkylation sites (tertiary alicyclic amines) is 1. The minimum absolute atomic E-state index is 0.175. The second kappa shape index (κ2) is 7.16. The van der Waals surface area contributed by atoms with E-state index in [0.717, 1.165) is 57.4 Å². The molecule has 0 aromatic carbocycles. The van der Waals surface area contributed by atoms with Gasteiger partial charge < -0.3 is 9.64 Å². The lowest BCUT2D eigenvalue weighted by atomic mass is 9.82. The van der Waals surface area contributed by atoms with E-state index in [-0.39, 0.29) is 11.5 Å². The first-order chi connectivity index (χ1) is 12.3. The second-order valence-electron chi connectivity index (χ2n) is 7.06. The molecule has 1 aliphatic carbocycles. The van der Waals surface area contributed by atoms with Crippen molar-refractivity contribution in [2.45, 2.75) is 50.0 Å². The zero-order chi connectivity index (χ0) is 17.1. The second-order valence-corrected chi connectivity index (χ2v) is 8.01. The van der Waals surface area contributed by atoms with Gasteiger partial charge in [-0.2, -0.15) is 0 Å². The van der Waals surface area contributed by atoms with Gasteiger partial charge in [-0.25, -0.2) is 0 Å². The third-order valence-electron chi connectivity index (χ3n) is 5.53. The molecule has 0 spiro atoms. The highest BCUT2D eigenvalue weighted by Gasteiger charge is 2.46. The number of nitrogens with zero attached hydrogens (tertiary/aromatic N) is 2. The van der Waals surface area contributed by atoms with Crippen molar-refractivity contribution in [3.8, 4) is 5.75 Å². The maximum absolute atomic E-state index is 13.4. The monoisotopic (exact) mass is 356 g/mol. The molecule has 1 aliphatic heterocycles. The number of pyridine rings is 1. The maximum Gasteiger partial charge on any atom is 0.234 e. The van der Waals surface area contributed by atoms with Crippen LogP contribution in [0, 0.1) is 0 Å². The standard InChI is InChI=1S/C20H24N2O2S/c23-19(20(9-1-2-10-20)18-6-4-14-25-18)22-12-7-16(8-13-22)24-17-5-3-11-21-15-17/h3-6,11,14-16H,1-2,7-10,12-13H2. The molecule has 0 bridgehead atoms. The van der Waals surface area contributed by atoms with Gasteiger partial charge in [0.1, 0.15) is 11.9 Å². The van der Waals surface area contributed by atoms with Crippen LogP contribution < -0.4 is 4.74 Å². The molecule has 0 atom stereocenters. The zero-order valence-electron chi connectivity index (χ0n) is 14.4. The molecule has 2 aliphatic rings. The van der Waals surface area contributed by atoms with E-state index in [1.54, 1.807) is 23.7 Å². The molecular weight excluding hydrogens is 332 g/mol. The molecular formula is C20H24N2O2S. The van der Waals surface area contributed by atoms with Gasteiger partial charge in [-0.15, -0.1) is 11.3 Å². The van der Waals surface area contributed by atoms with E-state index in [9.17, 15) is 4.79 Å². The summed E-state index contributed by atoms with van der Waals surface area (Å²) in [5.41, 5.74) is -0.259. The first-order valence-corrected chi connectivity index (χ1v) is 10.1. The van der Waals surface area contributed by atoms with Crippen molar-refractivity contribution in [2.24, 2.45) is 0 Å². The summed E-state index contributed by atoms with van der Waals surface area (Å²) in [6, 6.07) is 8.04. The maximum atomic E-state index is 13.4. The molecule has 25 heavy (non-hydrogen) atoms. The van der Waals surface area contributed by atoms with Crippen LogP contribution in [0.4, 0.5) is 0 Å². The summed E-state index contributed by atoms with van der Waals surface area (Å²) in [4.78, 5) is 20.8. The number of hydrogen-bond acceptors (Lipinski definition) is 4. The van der Waals surface area contributed by atoms with Crippen LogP contribution in [0.1, 0.15) is 43.4 Å². The van der Waals surface area contributed by atoms with Crippen molar-refractivity contribution in [2.75, 3.05) is 13.1 Å². The van der Waals surface area contributed by atoms with E-state index in [1.807, 2.05) is 12.1 Å². The van der Waals surface area contributed by atoms with Gasteiger partial charge >= 0.3 is 0 Å². The largest absolute Gasteiger partial charge is 0.489 e. The van der Waals surface area contributed by atoms with E-state index in [1.165, 1.54) is 4.88 Å². The zero-order valence-corrected chi connectivity index (χ0v) is 15.2.